The molecule has 0 heterocycles. The van der Waals surface area contributed by atoms with Gasteiger partial charge < -0.3 is 4.74 Å². The van der Waals surface area contributed by atoms with E-state index in [4.69, 9.17) is 4.74 Å². The molecule has 0 aromatic rings. The molecule has 4 nitrogen and oxygen atoms in total. The Labute approximate surface area is 146 Å². The Kier molecular flexibility index (Phi) is 7.37. The van der Waals surface area contributed by atoms with Crippen LogP contribution in [0, 0.1) is 10.8 Å². The molecule has 1 rings (SSSR count). The standard InChI is InChI=1S/C20H32O4/c1-6-7-13-19(2,3)18(23)20(4,5)16(21)14-17(22)24-15-11-9-8-10-12-15/h11H,6-10,12-14H2,1-5H3. The summed E-state index contributed by atoms with van der Waals surface area (Å²) in [4.78, 5) is 37.4. The average molecular weight is 336 g/mol. The third-order valence-electron chi connectivity index (χ3n) is 4.83. The molecular weight excluding hydrogens is 304 g/mol. The summed E-state index contributed by atoms with van der Waals surface area (Å²) >= 11 is 0. The number of allylic oxidation sites excluding steroid dienone is 2. The first-order chi connectivity index (χ1) is 11.1. The molecule has 0 aliphatic heterocycles. The molecule has 0 aromatic carbocycles. The highest BCUT2D eigenvalue weighted by Crippen LogP contribution is 2.35. The molecule has 0 aromatic heterocycles. The first-order valence-corrected chi connectivity index (χ1v) is 9.09. The Morgan fingerprint density at radius 3 is 2.33 bits per heavy atom. The van der Waals surface area contributed by atoms with Gasteiger partial charge in [-0.3, -0.25) is 14.4 Å². The van der Waals surface area contributed by atoms with Crippen molar-refractivity contribution in [3.05, 3.63) is 11.8 Å². The highest BCUT2D eigenvalue weighted by Gasteiger charge is 2.43. The molecule has 1 aliphatic carbocycles. The molecule has 1 aliphatic rings. The number of hydrogen-bond donors (Lipinski definition) is 0. The summed E-state index contributed by atoms with van der Waals surface area (Å²) in [6.07, 6.45) is 8.02. The maximum absolute atomic E-state index is 12.8. The van der Waals surface area contributed by atoms with E-state index in [0.717, 1.165) is 44.9 Å². The fourth-order valence-electron chi connectivity index (χ4n) is 3.14. The summed E-state index contributed by atoms with van der Waals surface area (Å²) in [7, 11) is 0. The van der Waals surface area contributed by atoms with Crippen molar-refractivity contribution in [1.82, 2.24) is 0 Å². The Hall–Kier alpha value is -1.45. The van der Waals surface area contributed by atoms with Gasteiger partial charge in [-0.1, -0.05) is 33.6 Å². The number of carbonyl (C=O) groups excluding carboxylic acids is 3. The number of rotatable bonds is 9. The fraction of sp³-hybridized carbons (Fsp3) is 0.750. The van der Waals surface area contributed by atoms with Gasteiger partial charge in [-0.25, -0.2) is 0 Å². The van der Waals surface area contributed by atoms with E-state index in [1.807, 2.05) is 19.9 Å². The number of esters is 1. The first kappa shape index (κ1) is 20.6. The minimum Gasteiger partial charge on any atom is -0.431 e. The summed E-state index contributed by atoms with van der Waals surface area (Å²) in [6, 6.07) is 0. The molecule has 24 heavy (non-hydrogen) atoms. The van der Waals surface area contributed by atoms with E-state index >= 15 is 0 Å². The predicted molar refractivity (Wildman–Crippen MR) is 94.4 cm³/mol. The van der Waals surface area contributed by atoms with E-state index in [0.29, 0.717) is 5.76 Å². The van der Waals surface area contributed by atoms with Crippen molar-refractivity contribution in [3.63, 3.8) is 0 Å². The van der Waals surface area contributed by atoms with Crippen molar-refractivity contribution in [3.8, 4) is 0 Å². The lowest BCUT2D eigenvalue weighted by molar-refractivity contribution is -0.149. The summed E-state index contributed by atoms with van der Waals surface area (Å²) in [6.45, 7) is 9.08. The maximum atomic E-state index is 12.8. The molecule has 4 heteroatoms. The molecule has 0 atom stereocenters. The maximum Gasteiger partial charge on any atom is 0.318 e. The van der Waals surface area contributed by atoms with Crippen LogP contribution < -0.4 is 0 Å². The largest absolute Gasteiger partial charge is 0.431 e. The first-order valence-electron chi connectivity index (χ1n) is 9.09. The highest BCUT2D eigenvalue weighted by molar-refractivity contribution is 6.12. The molecular formula is C20H32O4. The number of ether oxygens (including phenoxy) is 1. The SMILES string of the molecule is CCCCC(C)(C)C(=O)C(C)(C)C(=O)CC(=O)OC1=CCCCC1. The van der Waals surface area contributed by atoms with Gasteiger partial charge in [0, 0.05) is 11.8 Å². The molecule has 136 valence electrons. The van der Waals surface area contributed by atoms with E-state index < -0.39 is 16.8 Å². The number of hydrogen-bond acceptors (Lipinski definition) is 4. The zero-order valence-electron chi connectivity index (χ0n) is 15.9. The highest BCUT2D eigenvalue weighted by atomic mass is 16.5. The van der Waals surface area contributed by atoms with Crippen LogP contribution in [0.5, 0.6) is 0 Å². The van der Waals surface area contributed by atoms with Crippen molar-refractivity contribution in [1.29, 1.82) is 0 Å². The second-order valence-corrected chi connectivity index (χ2v) is 7.93. The van der Waals surface area contributed by atoms with E-state index in [1.54, 1.807) is 13.8 Å². The molecule has 0 bridgehead atoms. The van der Waals surface area contributed by atoms with Crippen LogP contribution in [-0.4, -0.2) is 17.5 Å². The lowest BCUT2D eigenvalue weighted by Crippen LogP contribution is -2.43. The monoisotopic (exact) mass is 336 g/mol. The van der Waals surface area contributed by atoms with Crippen LogP contribution in [0.1, 0.15) is 86.0 Å². The number of ketones is 2. The number of carbonyl (C=O) groups is 3. The summed E-state index contributed by atoms with van der Waals surface area (Å²) in [5, 5.41) is 0. The van der Waals surface area contributed by atoms with Gasteiger partial charge in [0.15, 0.2) is 11.6 Å². The van der Waals surface area contributed by atoms with Crippen molar-refractivity contribution >= 4 is 17.5 Å². The van der Waals surface area contributed by atoms with Crippen molar-refractivity contribution < 1.29 is 19.1 Å². The zero-order chi connectivity index (χ0) is 18.4. The molecule has 0 saturated carbocycles. The summed E-state index contributed by atoms with van der Waals surface area (Å²) in [5.41, 5.74) is -1.73. The van der Waals surface area contributed by atoms with Gasteiger partial charge in [-0.05, 0) is 45.6 Å². The average Bonchev–Trinajstić information content (AvgIpc) is 2.52. The minimum absolute atomic E-state index is 0.0990. The minimum atomic E-state index is -1.17. The Bertz CT molecular complexity index is 512. The smallest absolute Gasteiger partial charge is 0.318 e. The fourth-order valence-corrected chi connectivity index (χ4v) is 3.14. The van der Waals surface area contributed by atoms with Gasteiger partial charge in [-0.2, -0.15) is 0 Å². The number of Topliss-reactive ketones (excluding diaryl/α,β-unsaturated/α-hetero) is 2. The van der Waals surface area contributed by atoms with Crippen molar-refractivity contribution in [2.45, 2.75) is 86.0 Å². The van der Waals surface area contributed by atoms with E-state index in [-0.39, 0.29) is 18.0 Å². The molecule has 0 N–H and O–H groups in total. The quantitative estimate of drug-likeness (QED) is 0.450. The molecule has 0 fully saturated rings. The second-order valence-electron chi connectivity index (χ2n) is 7.93. The van der Waals surface area contributed by atoms with Gasteiger partial charge >= 0.3 is 5.97 Å². The summed E-state index contributed by atoms with van der Waals surface area (Å²) < 4.78 is 5.28. The Morgan fingerprint density at radius 2 is 1.79 bits per heavy atom. The molecule has 0 saturated heterocycles. The topological polar surface area (TPSA) is 60.4 Å². The van der Waals surface area contributed by atoms with Crippen molar-refractivity contribution in [2.75, 3.05) is 0 Å². The number of unbranched alkanes of at least 4 members (excludes halogenated alkanes) is 1. The van der Waals surface area contributed by atoms with E-state index in [1.165, 1.54) is 0 Å². The van der Waals surface area contributed by atoms with Crippen LogP contribution in [0.2, 0.25) is 0 Å². The zero-order valence-corrected chi connectivity index (χ0v) is 15.9. The van der Waals surface area contributed by atoms with Gasteiger partial charge in [0.25, 0.3) is 0 Å². The predicted octanol–water partition coefficient (Wildman–Crippen LogP) is 4.76. The molecule has 0 spiro atoms. The van der Waals surface area contributed by atoms with Gasteiger partial charge in [0.05, 0.1) is 5.41 Å². The lowest BCUT2D eigenvalue weighted by Gasteiger charge is -2.32. The van der Waals surface area contributed by atoms with Crippen molar-refractivity contribution in [2.24, 2.45) is 10.8 Å². The van der Waals surface area contributed by atoms with E-state index in [2.05, 4.69) is 6.92 Å². The van der Waals surface area contributed by atoms with Crippen LogP contribution in [0.25, 0.3) is 0 Å². The van der Waals surface area contributed by atoms with Crippen LogP contribution in [0.4, 0.5) is 0 Å². The Balaban J connectivity index is 2.68. The van der Waals surface area contributed by atoms with Crippen LogP contribution in [0.15, 0.2) is 11.8 Å². The molecule has 0 unspecified atom stereocenters. The Morgan fingerprint density at radius 1 is 1.12 bits per heavy atom. The van der Waals surface area contributed by atoms with Gasteiger partial charge in [-0.15, -0.1) is 0 Å². The molecule has 0 amide bonds. The van der Waals surface area contributed by atoms with Crippen LogP contribution in [-0.2, 0) is 19.1 Å². The van der Waals surface area contributed by atoms with Gasteiger partial charge in [0.2, 0.25) is 0 Å². The normalized spacial score (nSPS) is 15.6. The lowest BCUT2D eigenvalue weighted by atomic mass is 9.69. The van der Waals surface area contributed by atoms with Gasteiger partial charge in [0.1, 0.15) is 12.2 Å². The second kappa shape index (κ2) is 8.59. The van der Waals surface area contributed by atoms with E-state index in [9.17, 15) is 14.4 Å². The molecule has 0 radical (unpaired) electrons. The third kappa shape index (κ3) is 5.57. The summed E-state index contributed by atoms with van der Waals surface area (Å²) in [5.74, 6) is -0.358. The third-order valence-corrected chi connectivity index (χ3v) is 4.83. The van der Waals surface area contributed by atoms with Crippen LogP contribution >= 0.6 is 0 Å². The van der Waals surface area contributed by atoms with Crippen LogP contribution in [0.3, 0.4) is 0 Å².